The summed E-state index contributed by atoms with van der Waals surface area (Å²) >= 11 is 0. The summed E-state index contributed by atoms with van der Waals surface area (Å²) in [6, 6.07) is 16.9. The van der Waals surface area contributed by atoms with E-state index < -0.39 is 12.2 Å². The molecule has 8 heteroatoms. The number of oxazole rings is 1. The van der Waals surface area contributed by atoms with Gasteiger partial charge in [-0.15, -0.1) is 0 Å². The summed E-state index contributed by atoms with van der Waals surface area (Å²) in [5.74, 6) is -0.0826. The fraction of sp³-hybridized carbons (Fsp3) is 0.292. The maximum atomic E-state index is 12.6. The molecule has 32 heavy (non-hydrogen) atoms. The third kappa shape index (κ3) is 5.22. The highest BCUT2D eigenvalue weighted by Gasteiger charge is 2.30. The number of nitrogens with zero attached hydrogens (tertiary/aromatic N) is 2. The number of hydrogen-bond donors (Lipinski definition) is 3. The first-order valence-corrected chi connectivity index (χ1v) is 10.5. The summed E-state index contributed by atoms with van der Waals surface area (Å²) in [5.41, 5.74) is 2.75. The number of aliphatic hydroxyl groups is 2. The van der Waals surface area contributed by atoms with Crippen LogP contribution in [0.4, 0.5) is 0 Å². The average molecular weight is 435 g/mol. The summed E-state index contributed by atoms with van der Waals surface area (Å²) in [6.07, 6.45) is 0.181. The monoisotopic (exact) mass is 435 g/mol. The Hall–Kier alpha value is -3.49. The number of carbonyl (C=O) groups is 2. The normalized spacial score (nSPS) is 18.4. The van der Waals surface area contributed by atoms with Gasteiger partial charge in [-0.3, -0.25) is 9.59 Å². The molecule has 1 aromatic heterocycles. The largest absolute Gasteiger partial charge is 0.444 e. The molecule has 1 aliphatic heterocycles. The van der Waals surface area contributed by atoms with E-state index in [-0.39, 0.29) is 24.1 Å². The first kappa shape index (κ1) is 21.7. The van der Waals surface area contributed by atoms with Crippen molar-refractivity contribution in [3.05, 3.63) is 77.7 Å². The Morgan fingerprint density at radius 2 is 1.78 bits per heavy atom. The van der Waals surface area contributed by atoms with Crippen molar-refractivity contribution in [2.24, 2.45) is 0 Å². The highest BCUT2D eigenvalue weighted by Crippen LogP contribution is 2.21. The molecule has 3 N–H and O–H groups in total. The molecule has 3 aromatic rings. The number of aliphatic hydroxyl groups excluding tert-OH is 2. The maximum absolute atomic E-state index is 12.6. The molecule has 1 saturated heterocycles. The van der Waals surface area contributed by atoms with Crippen LogP contribution in [0.5, 0.6) is 0 Å². The quantitative estimate of drug-likeness (QED) is 0.544. The predicted octanol–water partition coefficient (Wildman–Crippen LogP) is 1.77. The molecule has 2 heterocycles. The van der Waals surface area contributed by atoms with Crippen LogP contribution in [0, 0.1) is 0 Å². The molecule has 0 spiro atoms. The number of β-amino-alcohol motifs (C(OH)–C–C–N with tert-alkyl or cyclic N) is 1. The van der Waals surface area contributed by atoms with Crippen LogP contribution in [-0.2, 0) is 17.8 Å². The van der Waals surface area contributed by atoms with Gasteiger partial charge in [0.25, 0.3) is 5.91 Å². The predicted molar refractivity (Wildman–Crippen MR) is 116 cm³/mol. The van der Waals surface area contributed by atoms with E-state index in [0.29, 0.717) is 37.4 Å². The fourth-order valence-corrected chi connectivity index (χ4v) is 3.58. The van der Waals surface area contributed by atoms with Gasteiger partial charge in [0.2, 0.25) is 11.8 Å². The van der Waals surface area contributed by atoms with E-state index in [4.69, 9.17) is 4.42 Å². The lowest BCUT2D eigenvalue weighted by Gasteiger charge is -2.32. The molecule has 2 atom stereocenters. The summed E-state index contributed by atoms with van der Waals surface area (Å²) in [5, 5.41) is 22.3. The number of amides is 2. The van der Waals surface area contributed by atoms with Crippen molar-refractivity contribution in [2.75, 3.05) is 13.1 Å². The van der Waals surface area contributed by atoms with Crippen LogP contribution < -0.4 is 5.32 Å². The molecule has 0 aliphatic carbocycles. The van der Waals surface area contributed by atoms with Crippen LogP contribution in [0.3, 0.4) is 0 Å². The van der Waals surface area contributed by atoms with E-state index in [0.717, 1.165) is 11.1 Å². The molecule has 1 fully saturated rings. The molecule has 0 bridgehead atoms. The van der Waals surface area contributed by atoms with Gasteiger partial charge < -0.3 is 24.8 Å². The second kappa shape index (κ2) is 9.76. The number of hydrogen-bond acceptors (Lipinski definition) is 6. The lowest BCUT2D eigenvalue weighted by atomic mass is 10.0. The summed E-state index contributed by atoms with van der Waals surface area (Å²) in [6.45, 7) is 0.821. The third-order valence-corrected chi connectivity index (χ3v) is 5.45. The second-order valence-corrected chi connectivity index (χ2v) is 7.85. The minimum Gasteiger partial charge on any atom is -0.444 e. The number of rotatable bonds is 6. The van der Waals surface area contributed by atoms with Crippen LogP contribution in [0.25, 0.3) is 11.5 Å². The van der Waals surface area contributed by atoms with Gasteiger partial charge in [0.15, 0.2) is 5.69 Å². The molecule has 8 nitrogen and oxygen atoms in total. The van der Waals surface area contributed by atoms with E-state index in [1.165, 1.54) is 11.2 Å². The molecular weight excluding hydrogens is 410 g/mol. The highest BCUT2D eigenvalue weighted by molar-refractivity contribution is 5.92. The molecular formula is C24H25N3O5. The van der Waals surface area contributed by atoms with E-state index >= 15 is 0 Å². The van der Waals surface area contributed by atoms with Crippen LogP contribution in [0.2, 0.25) is 0 Å². The molecule has 0 radical (unpaired) electrons. The Balaban J connectivity index is 1.33. The van der Waals surface area contributed by atoms with Gasteiger partial charge >= 0.3 is 0 Å². The number of nitrogens with one attached hydrogen (secondary N) is 1. The molecule has 166 valence electrons. The summed E-state index contributed by atoms with van der Waals surface area (Å²) < 4.78 is 5.47. The Morgan fingerprint density at radius 1 is 1.03 bits per heavy atom. The van der Waals surface area contributed by atoms with Crippen LogP contribution in [0.15, 0.2) is 65.3 Å². The lowest BCUT2D eigenvalue weighted by Crippen LogP contribution is -2.49. The van der Waals surface area contributed by atoms with E-state index in [9.17, 15) is 19.8 Å². The van der Waals surface area contributed by atoms with Gasteiger partial charge in [0, 0.05) is 25.2 Å². The highest BCUT2D eigenvalue weighted by atomic mass is 16.3. The number of aromatic nitrogens is 1. The molecule has 4 rings (SSSR count). The fourth-order valence-electron chi connectivity index (χ4n) is 3.58. The van der Waals surface area contributed by atoms with Gasteiger partial charge in [-0.25, -0.2) is 4.98 Å². The topological polar surface area (TPSA) is 116 Å². The van der Waals surface area contributed by atoms with E-state index in [2.05, 4.69) is 10.3 Å². The minimum absolute atomic E-state index is 0.0496. The van der Waals surface area contributed by atoms with Gasteiger partial charge in [0.05, 0.1) is 18.6 Å². The Bertz CT molecular complexity index is 1060. The first-order chi connectivity index (χ1) is 15.5. The maximum Gasteiger partial charge on any atom is 0.275 e. The number of carbonyl (C=O) groups excluding carboxylic acids is 2. The second-order valence-electron chi connectivity index (χ2n) is 7.85. The molecule has 2 aromatic carbocycles. The third-order valence-electron chi connectivity index (χ3n) is 5.45. The number of benzene rings is 2. The van der Waals surface area contributed by atoms with Gasteiger partial charge in [-0.1, -0.05) is 42.5 Å². The lowest BCUT2D eigenvalue weighted by molar-refractivity contribution is -0.120. The molecule has 2 unspecified atom stereocenters. The zero-order chi connectivity index (χ0) is 22.5. The summed E-state index contributed by atoms with van der Waals surface area (Å²) in [4.78, 5) is 30.4. The van der Waals surface area contributed by atoms with Crippen molar-refractivity contribution < 1.29 is 24.2 Å². The van der Waals surface area contributed by atoms with Crippen molar-refractivity contribution >= 4 is 11.8 Å². The van der Waals surface area contributed by atoms with E-state index in [1.54, 1.807) is 0 Å². The molecule has 0 saturated carbocycles. The Kier molecular flexibility index (Phi) is 6.63. The zero-order valence-corrected chi connectivity index (χ0v) is 17.5. The van der Waals surface area contributed by atoms with Crippen LogP contribution >= 0.6 is 0 Å². The average Bonchev–Trinajstić information content (AvgIpc) is 3.30. The van der Waals surface area contributed by atoms with Gasteiger partial charge in [-0.2, -0.15) is 0 Å². The van der Waals surface area contributed by atoms with E-state index in [1.807, 2.05) is 54.6 Å². The zero-order valence-electron chi connectivity index (χ0n) is 17.5. The first-order valence-electron chi connectivity index (χ1n) is 10.5. The Morgan fingerprint density at radius 3 is 2.50 bits per heavy atom. The molecule has 1 aliphatic rings. The van der Waals surface area contributed by atoms with Crippen molar-refractivity contribution in [1.29, 1.82) is 0 Å². The van der Waals surface area contributed by atoms with Gasteiger partial charge in [-0.05, 0) is 29.7 Å². The van der Waals surface area contributed by atoms with Crippen LogP contribution in [-0.4, -0.2) is 57.2 Å². The van der Waals surface area contributed by atoms with Crippen LogP contribution in [0.1, 0.15) is 28.0 Å². The SMILES string of the molecule is O=C(Cc1ccccc1)NCc1ccc(-c2nc(C(=O)N3CCC(O)C(O)C3)co2)cc1. The standard InChI is InChI=1S/C24H25N3O5/c28-20-10-11-27(14-21(20)29)24(31)19-15-32-23(26-19)18-8-6-17(7-9-18)13-25-22(30)12-16-4-2-1-3-5-16/h1-9,15,20-21,28-29H,10-14H2,(H,25,30). The minimum atomic E-state index is -0.959. The van der Waals surface area contributed by atoms with Crippen molar-refractivity contribution in [3.8, 4) is 11.5 Å². The van der Waals surface area contributed by atoms with Crippen molar-refractivity contribution in [1.82, 2.24) is 15.2 Å². The smallest absolute Gasteiger partial charge is 0.275 e. The van der Waals surface area contributed by atoms with Gasteiger partial charge in [0.1, 0.15) is 6.26 Å². The van der Waals surface area contributed by atoms with Crippen molar-refractivity contribution in [2.45, 2.75) is 31.6 Å². The number of likely N-dealkylation sites (tertiary alicyclic amines) is 1. The van der Waals surface area contributed by atoms with Crippen molar-refractivity contribution in [3.63, 3.8) is 0 Å². The Labute approximate surface area is 185 Å². The number of piperidine rings is 1. The summed E-state index contributed by atoms with van der Waals surface area (Å²) in [7, 11) is 0. The molecule has 2 amide bonds.